The molecule has 1 aliphatic heterocycles. The Labute approximate surface area is 96.8 Å². The van der Waals surface area contributed by atoms with Gasteiger partial charge in [0.15, 0.2) is 0 Å². The molecular formula is C11H22N2O3. The van der Waals surface area contributed by atoms with Crippen molar-refractivity contribution in [3.8, 4) is 0 Å². The Morgan fingerprint density at radius 3 is 2.75 bits per heavy atom. The second-order valence-electron chi connectivity index (χ2n) is 4.01. The highest BCUT2D eigenvalue weighted by Gasteiger charge is 2.22. The van der Waals surface area contributed by atoms with Gasteiger partial charge in [-0.25, -0.2) is 4.79 Å². The van der Waals surface area contributed by atoms with Crippen LogP contribution in [0.5, 0.6) is 0 Å². The molecule has 2 amide bonds. The predicted octanol–water partition coefficient (Wildman–Crippen LogP) is 0.579. The van der Waals surface area contributed by atoms with Gasteiger partial charge in [0.05, 0.1) is 19.3 Å². The molecule has 1 fully saturated rings. The molecule has 0 atom stereocenters. The van der Waals surface area contributed by atoms with Crippen molar-refractivity contribution in [3.63, 3.8) is 0 Å². The molecular weight excluding hydrogens is 208 g/mol. The third kappa shape index (κ3) is 4.37. The van der Waals surface area contributed by atoms with Crippen LogP contribution in [0.15, 0.2) is 0 Å². The summed E-state index contributed by atoms with van der Waals surface area (Å²) in [6, 6.07) is 0.0301. The van der Waals surface area contributed by atoms with Crippen LogP contribution >= 0.6 is 0 Å². The fourth-order valence-corrected chi connectivity index (χ4v) is 1.79. The number of amides is 2. The van der Waals surface area contributed by atoms with Gasteiger partial charge < -0.3 is 20.1 Å². The Morgan fingerprint density at radius 1 is 1.50 bits per heavy atom. The van der Waals surface area contributed by atoms with E-state index in [0.717, 1.165) is 38.9 Å². The first-order valence-corrected chi connectivity index (χ1v) is 6.03. The number of aliphatic hydroxyl groups is 1. The molecule has 0 unspecified atom stereocenters. The fourth-order valence-electron chi connectivity index (χ4n) is 1.79. The van der Waals surface area contributed by atoms with E-state index in [1.165, 1.54) is 0 Å². The maximum atomic E-state index is 11.6. The summed E-state index contributed by atoms with van der Waals surface area (Å²) in [5.74, 6) is 0. The van der Waals surface area contributed by atoms with E-state index in [1.807, 2.05) is 11.8 Å². The summed E-state index contributed by atoms with van der Waals surface area (Å²) in [5.41, 5.74) is 0. The number of hydrogen-bond donors (Lipinski definition) is 2. The minimum atomic E-state index is 0.0301. The summed E-state index contributed by atoms with van der Waals surface area (Å²) in [7, 11) is 0. The molecule has 5 nitrogen and oxygen atoms in total. The highest BCUT2D eigenvalue weighted by Crippen LogP contribution is 2.13. The van der Waals surface area contributed by atoms with Crippen molar-refractivity contribution in [3.05, 3.63) is 0 Å². The second-order valence-corrected chi connectivity index (χ2v) is 4.01. The Bertz CT molecular complexity index is 203. The molecule has 0 radical (unpaired) electrons. The van der Waals surface area contributed by atoms with Crippen molar-refractivity contribution in [2.45, 2.75) is 32.3 Å². The van der Waals surface area contributed by atoms with E-state index in [0.29, 0.717) is 6.61 Å². The first-order chi connectivity index (χ1) is 7.77. The van der Waals surface area contributed by atoms with Gasteiger partial charge in [-0.05, 0) is 19.3 Å². The van der Waals surface area contributed by atoms with E-state index in [2.05, 4.69) is 5.32 Å². The molecule has 1 aliphatic rings. The number of nitrogens with zero attached hydrogens (tertiary/aromatic N) is 1. The van der Waals surface area contributed by atoms with Crippen LogP contribution < -0.4 is 5.32 Å². The van der Waals surface area contributed by atoms with E-state index >= 15 is 0 Å². The Morgan fingerprint density at radius 2 is 2.19 bits per heavy atom. The van der Waals surface area contributed by atoms with Crippen LogP contribution in [-0.4, -0.2) is 55.0 Å². The quantitative estimate of drug-likeness (QED) is 0.726. The van der Waals surface area contributed by atoms with Crippen LogP contribution in [0.1, 0.15) is 26.2 Å². The Hall–Kier alpha value is -0.810. The summed E-state index contributed by atoms with van der Waals surface area (Å²) in [6.07, 6.45) is 2.88. The molecule has 0 aromatic carbocycles. The maximum Gasteiger partial charge on any atom is 0.317 e. The lowest BCUT2D eigenvalue weighted by molar-refractivity contribution is -0.00165. The van der Waals surface area contributed by atoms with Crippen LogP contribution in [0, 0.1) is 0 Å². The van der Waals surface area contributed by atoms with E-state index in [9.17, 15) is 4.79 Å². The zero-order valence-corrected chi connectivity index (χ0v) is 9.95. The average Bonchev–Trinajstić information content (AvgIpc) is 2.34. The fraction of sp³-hybridized carbons (Fsp3) is 0.909. The van der Waals surface area contributed by atoms with Crippen molar-refractivity contribution in [2.75, 3.05) is 32.8 Å². The molecule has 1 rings (SSSR count). The highest BCUT2D eigenvalue weighted by atomic mass is 16.5. The van der Waals surface area contributed by atoms with Crippen LogP contribution in [0.3, 0.4) is 0 Å². The van der Waals surface area contributed by atoms with E-state index in [-0.39, 0.29) is 18.7 Å². The molecule has 0 saturated carbocycles. The first-order valence-electron chi connectivity index (χ1n) is 6.03. The monoisotopic (exact) mass is 230 g/mol. The Kier molecular flexibility index (Phi) is 6.18. The molecule has 0 aromatic rings. The van der Waals surface area contributed by atoms with Crippen molar-refractivity contribution in [1.29, 1.82) is 0 Å². The summed E-state index contributed by atoms with van der Waals surface area (Å²) < 4.78 is 5.43. The minimum Gasteiger partial charge on any atom is -0.394 e. The molecule has 1 heterocycles. The van der Waals surface area contributed by atoms with Crippen LogP contribution in [0.2, 0.25) is 0 Å². The third-order valence-corrected chi connectivity index (χ3v) is 2.70. The number of rotatable bonds is 5. The topological polar surface area (TPSA) is 61.8 Å². The normalized spacial score (nSPS) is 17.5. The number of carbonyl (C=O) groups is 1. The van der Waals surface area contributed by atoms with Crippen molar-refractivity contribution in [2.24, 2.45) is 0 Å². The summed E-state index contributed by atoms with van der Waals surface area (Å²) >= 11 is 0. The van der Waals surface area contributed by atoms with Gasteiger partial charge in [-0.3, -0.25) is 0 Å². The van der Waals surface area contributed by atoms with Crippen LogP contribution in [0.4, 0.5) is 4.79 Å². The van der Waals surface area contributed by atoms with Crippen molar-refractivity contribution >= 4 is 6.03 Å². The predicted molar refractivity (Wildman–Crippen MR) is 61.3 cm³/mol. The molecule has 5 heteroatoms. The molecule has 0 spiro atoms. The number of urea groups is 1. The number of hydrogen-bond acceptors (Lipinski definition) is 3. The van der Waals surface area contributed by atoms with E-state index < -0.39 is 0 Å². The van der Waals surface area contributed by atoms with Gasteiger partial charge in [0, 0.05) is 19.6 Å². The summed E-state index contributed by atoms with van der Waals surface area (Å²) in [4.78, 5) is 13.4. The van der Waals surface area contributed by atoms with Crippen LogP contribution in [-0.2, 0) is 4.74 Å². The molecule has 2 N–H and O–H groups in total. The Balaban J connectivity index is 2.18. The van der Waals surface area contributed by atoms with Crippen molar-refractivity contribution < 1.29 is 14.6 Å². The molecule has 94 valence electrons. The molecule has 0 aromatic heterocycles. The number of nitrogens with one attached hydrogen (secondary N) is 1. The summed E-state index contributed by atoms with van der Waals surface area (Å²) in [6.45, 7) is 4.72. The zero-order valence-electron chi connectivity index (χ0n) is 9.95. The lowest BCUT2D eigenvalue weighted by atomic mass is 10.1. The molecule has 1 saturated heterocycles. The van der Waals surface area contributed by atoms with Gasteiger partial charge in [0.2, 0.25) is 0 Å². The lowest BCUT2D eigenvalue weighted by Gasteiger charge is -2.31. The number of likely N-dealkylation sites (tertiary alicyclic amines) is 1. The van der Waals surface area contributed by atoms with Crippen LogP contribution in [0.25, 0.3) is 0 Å². The largest absolute Gasteiger partial charge is 0.394 e. The third-order valence-electron chi connectivity index (χ3n) is 2.70. The lowest BCUT2D eigenvalue weighted by Crippen LogP contribution is -2.46. The first kappa shape index (κ1) is 13.3. The number of piperidine rings is 1. The second kappa shape index (κ2) is 7.46. The molecule has 0 aliphatic carbocycles. The molecule has 16 heavy (non-hydrogen) atoms. The van der Waals surface area contributed by atoms with Gasteiger partial charge in [-0.1, -0.05) is 6.92 Å². The minimum absolute atomic E-state index is 0.0301. The van der Waals surface area contributed by atoms with Gasteiger partial charge in [-0.2, -0.15) is 0 Å². The number of carbonyl (C=O) groups excluding carboxylic acids is 1. The van der Waals surface area contributed by atoms with Crippen molar-refractivity contribution in [1.82, 2.24) is 10.2 Å². The van der Waals surface area contributed by atoms with Gasteiger partial charge in [0.25, 0.3) is 0 Å². The number of aliphatic hydroxyl groups excluding tert-OH is 1. The summed E-state index contributed by atoms with van der Waals surface area (Å²) in [5, 5.41) is 11.5. The van der Waals surface area contributed by atoms with Gasteiger partial charge >= 0.3 is 6.03 Å². The SMILES string of the molecule is CCCNC(=O)N1CCC(OCCO)CC1. The standard InChI is InChI=1S/C11H22N2O3/c1-2-5-12-11(15)13-6-3-10(4-7-13)16-9-8-14/h10,14H,2-9H2,1H3,(H,12,15). The zero-order chi connectivity index (χ0) is 11.8. The van der Waals surface area contributed by atoms with E-state index in [4.69, 9.17) is 9.84 Å². The van der Waals surface area contributed by atoms with E-state index in [1.54, 1.807) is 0 Å². The molecule has 0 bridgehead atoms. The van der Waals surface area contributed by atoms with Gasteiger partial charge in [-0.15, -0.1) is 0 Å². The smallest absolute Gasteiger partial charge is 0.317 e. The maximum absolute atomic E-state index is 11.6. The van der Waals surface area contributed by atoms with Gasteiger partial charge in [0.1, 0.15) is 0 Å². The highest BCUT2D eigenvalue weighted by molar-refractivity contribution is 5.74. The average molecular weight is 230 g/mol. The number of ether oxygens (including phenoxy) is 1.